The quantitative estimate of drug-likeness (QED) is 0.791. The maximum absolute atomic E-state index is 11.8. The van der Waals surface area contributed by atoms with Crippen molar-refractivity contribution in [1.29, 1.82) is 0 Å². The van der Waals surface area contributed by atoms with Crippen LogP contribution in [-0.2, 0) is 17.6 Å². The third kappa shape index (κ3) is 4.35. The first-order valence-corrected chi connectivity index (χ1v) is 10.0. The van der Waals surface area contributed by atoms with E-state index in [2.05, 4.69) is 51.2 Å². The minimum atomic E-state index is -0.340. The van der Waals surface area contributed by atoms with E-state index in [0.717, 1.165) is 29.3 Å². The van der Waals surface area contributed by atoms with Crippen molar-refractivity contribution < 1.29 is 14.7 Å². The number of hydrogen-bond acceptors (Lipinski definition) is 4. The largest absolute Gasteiger partial charge is 0.508 e. The molecule has 1 fully saturated rings. The van der Waals surface area contributed by atoms with Gasteiger partial charge in [0.25, 0.3) is 5.24 Å². The molecule has 5 heteroatoms. The van der Waals surface area contributed by atoms with E-state index in [9.17, 15) is 14.7 Å². The molecule has 0 radical (unpaired) electrons. The number of nitrogens with one attached hydrogen (secondary N) is 1. The molecule has 0 aromatic heterocycles. The van der Waals surface area contributed by atoms with E-state index in [4.69, 9.17) is 0 Å². The third-order valence-corrected chi connectivity index (χ3v) is 6.02. The lowest BCUT2D eigenvalue weighted by Crippen LogP contribution is -2.25. The lowest BCUT2D eigenvalue weighted by molar-refractivity contribution is -0.118. The number of carbonyl (C=O) groups is 2. The summed E-state index contributed by atoms with van der Waals surface area (Å²) in [6.45, 7) is 8.32. The summed E-state index contributed by atoms with van der Waals surface area (Å²) in [6.07, 6.45) is 1.36. The second-order valence-electron chi connectivity index (χ2n) is 7.52. The normalized spacial score (nSPS) is 16.9. The SMILES string of the molecule is Cc1cc(CC2SC(=O)NC2=O)cc(C)c1Cc1ccc(O)c(C(C)C)c1. The highest BCUT2D eigenvalue weighted by atomic mass is 32.2. The van der Waals surface area contributed by atoms with Crippen molar-refractivity contribution in [3.05, 3.63) is 63.7 Å². The molecular formula is C22H25NO3S. The number of amides is 2. The zero-order chi connectivity index (χ0) is 19.7. The van der Waals surface area contributed by atoms with E-state index in [-0.39, 0.29) is 22.3 Å². The summed E-state index contributed by atoms with van der Waals surface area (Å²) in [4.78, 5) is 23.2. The van der Waals surface area contributed by atoms with Crippen LogP contribution in [0.4, 0.5) is 4.79 Å². The van der Waals surface area contributed by atoms with Crippen molar-refractivity contribution >= 4 is 22.9 Å². The number of rotatable bonds is 5. The lowest BCUT2D eigenvalue weighted by Gasteiger charge is -2.16. The maximum Gasteiger partial charge on any atom is 0.286 e. The second-order valence-corrected chi connectivity index (χ2v) is 8.70. The predicted octanol–water partition coefficient (Wildman–Crippen LogP) is 4.62. The number of aryl methyl sites for hydroxylation is 2. The van der Waals surface area contributed by atoms with Gasteiger partial charge in [0.2, 0.25) is 5.91 Å². The number of imide groups is 1. The fourth-order valence-electron chi connectivity index (χ4n) is 3.60. The lowest BCUT2D eigenvalue weighted by atomic mass is 9.91. The van der Waals surface area contributed by atoms with Gasteiger partial charge < -0.3 is 5.11 Å². The number of carbonyl (C=O) groups excluding carboxylic acids is 2. The van der Waals surface area contributed by atoms with Gasteiger partial charge in [-0.2, -0.15) is 0 Å². The molecule has 0 spiro atoms. The van der Waals surface area contributed by atoms with Crippen molar-refractivity contribution in [3.63, 3.8) is 0 Å². The van der Waals surface area contributed by atoms with Crippen LogP contribution in [0.3, 0.4) is 0 Å². The highest BCUT2D eigenvalue weighted by Crippen LogP contribution is 2.29. The van der Waals surface area contributed by atoms with Gasteiger partial charge in [-0.1, -0.05) is 49.9 Å². The number of aromatic hydroxyl groups is 1. The van der Waals surface area contributed by atoms with Crippen LogP contribution >= 0.6 is 11.8 Å². The molecule has 1 aliphatic rings. The van der Waals surface area contributed by atoms with Crippen LogP contribution in [0.15, 0.2) is 30.3 Å². The van der Waals surface area contributed by atoms with Gasteiger partial charge >= 0.3 is 0 Å². The molecule has 2 aromatic carbocycles. The van der Waals surface area contributed by atoms with Gasteiger partial charge in [0.15, 0.2) is 0 Å². The summed E-state index contributed by atoms with van der Waals surface area (Å²) in [5.41, 5.74) is 6.83. The molecular weight excluding hydrogens is 358 g/mol. The highest BCUT2D eigenvalue weighted by molar-refractivity contribution is 8.15. The molecule has 1 unspecified atom stereocenters. The molecule has 27 heavy (non-hydrogen) atoms. The molecule has 1 saturated heterocycles. The first kappa shape index (κ1) is 19.5. The summed E-state index contributed by atoms with van der Waals surface area (Å²) >= 11 is 1.07. The molecule has 1 aliphatic heterocycles. The minimum absolute atomic E-state index is 0.199. The molecule has 0 bridgehead atoms. The average Bonchev–Trinajstić information content (AvgIpc) is 2.89. The third-order valence-electron chi connectivity index (χ3n) is 5.04. The Balaban J connectivity index is 1.82. The standard InChI is InChI=1S/C22H25NO3S/c1-12(2)17-9-15(5-6-19(17)24)10-18-13(3)7-16(8-14(18)4)11-20-21(25)23-22(26)27-20/h5-9,12,20,24H,10-11H2,1-4H3,(H,23,25,26). The van der Waals surface area contributed by atoms with Gasteiger partial charge in [0.1, 0.15) is 5.75 Å². The summed E-state index contributed by atoms with van der Waals surface area (Å²) in [7, 11) is 0. The van der Waals surface area contributed by atoms with Gasteiger partial charge in [-0.3, -0.25) is 14.9 Å². The Labute approximate surface area is 164 Å². The topological polar surface area (TPSA) is 66.4 Å². The van der Waals surface area contributed by atoms with Crippen LogP contribution < -0.4 is 5.32 Å². The van der Waals surface area contributed by atoms with Crippen LogP contribution in [0.5, 0.6) is 5.75 Å². The Hall–Kier alpha value is -2.27. The molecule has 2 aromatic rings. The Morgan fingerprint density at radius 1 is 1.07 bits per heavy atom. The van der Waals surface area contributed by atoms with Crippen LogP contribution in [0, 0.1) is 13.8 Å². The van der Waals surface area contributed by atoms with Gasteiger partial charge in [-0.15, -0.1) is 0 Å². The molecule has 2 amide bonds. The number of phenolic OH excluding ortho intramolecular Hbond substituents is 1. The molecule has 0 saturated carbocycles. The number of thioether (sulfide) groups is 1. The Bertz CT molecular complexity index is 881. The monoisotopic (exact) mass is 383 g/mol. The predicted molar refractivity (Wildman–Crippen MR) is 110 cm³/mol. The molecule has 4 nitrogen and oxygen atoms in total. The first-order chi connectivity index (χ1) is 12.7. The molecule has 1 heterocycles. The summed E-state index contributed by atoms with van der Waals surface area (Å²) in [6, 6.07) is 10.1. The Morgan fingerprint density at radius 2 is 1.74 bits per heavy atom. The van der Waals surface area contributed by atoms with Crippen molar-refractivity contribution in [1.82, 2.24) is 5.32 Å². The van der Waals surface area contributed by atoms with Crippen LogP contribution in [-0.4, -0.2) is 21.5 Å². The summed E-state index contributed by atoms with van der Waals surface area (Å²) in [5.74, 6) is 0.418. The van der Waals surface area contributed by atoms with Crippen LogP contribution in [0.25, 0.3) is 0 Å². The Morgan fingerprint density at radius 3 is 2.30 bits per heavy atom. The van der Waals surface area contributed by atoms with Gasteiger partial charge in [-0.25, -0.2) is 0 Å². The molecule has 0 aliphatic carbocycles. The summed E-state index contributed by atoms with van der Waals surface area (Å²) < 4.78 is 0. The summed E-state index contributed by atoms with van der Waals surface area (Å²) in [5, 5.41) is 11.8. The van der Waals surface area contributed by atoms with Crippen molar-refractivity contribution in [2.45, 2.75) is 51.7 Å². The molecule has 142 valence electrons. The van der Waals surface area contributed by atoms with Crippen molar-refractivity contribution in [2.75, 3.05) is 0 Å². The van der Waals surface area contributed by atoms with E-state index in [1.165, 1.54) is 22.3 Å². The van der Waals surface area contributed by atoms with Gasteiger partial charge in [0, 0.05) is 0 Å². The van der Waals surface area contributed by atoms with E-state index in [0.29, 0.717) is 12.2 Å². The maximum atomic E-state index is 11.8. The zero-order valence-corrected chi connectivity index (χ0v) is 16.9. The molecule has 1 atom stereocenters. The minimum Gasteiger partial charge on any atom is -0.508 e. The van der Waals surface area contributed by atoms with Crippen LogP contribution in [0.1, 0.15) is 53.1 Å². The highest BCUT2D eigenvalue weighted by Gasteiger charge is 2.31. The zero-order valence-electron chi connectivity index (χ0n) is 16.1. The van der Waals surface area contributed by atoms with Gasteiger partial charge in [0.05, 0.1) is 5.25 Å². The fraction of sp³-hybridized carbons (Fsp3) is 0.364. The fourth-order valence-corrected chi connectivity index (χ4v) is 4.46. The van der Waals surface area contributed by atoms with E-state index >= 15 is 0 Å². The van der Waals surface area contributed by atoms with E-state index in [1.54, 1.807) is 6.07 Å². The number of phenols is 1. The van der Waals surface area contributed by atoms with Gasteiger partial charge in [-0.05, 0) is 72.1 Å². The van der Waals surface area contributed by atoms with Crippen molar-refractivity contribution in [3.8, 4) is 5.75 Å². The smallest absolute Gasteiger partial charge is 0.286 e. The van der Waals surface area contributed by atoms with Crippen LogP contribution in [0.2, 0.25) is 0 Å². The van der Waals surface area contributed by atoms with E-state index in [1.807, 2.05) is 6.07 Å². The Kier molecular flexibility index (Phi) is 5.61. The molecule has 3 rings (SSSR count). The molecule has 2 N–H and O–H groups in total. The first-order valence-electron chi connectivity index (χ1n) is 9.17. The van der Waals surface area contributed by atoms with Crippen molar-refractivity contribution in [2.24, 2.45) is 0 Å². The number of benzene rings is 2. The van der Waals surface area contributed by atoms with E-state index < -0.39 is 0 Å². The average molecular weight is 384 g/mol. The second kappa shape index (κ2) is 7.77. The number of hydrogen-bond donors (Lipinski definition) is 2.